The van der Waals surface area contributed by atoms with Crippen LogP contribution in [0.5, 0.6) is 5.75 Å². The summed E-state index contributed by atoms with van der Waals surface area (Å²) in [6.45, 7) is 2.30. The third kappa shape index (κ3) is 5.94. The fraction of sp³-hybridized carbons (Fsp3) is 0.556. The number of hydrogen-bond acceptors (Lipinski definition) is 9. The summed E-state index contributed by atoms with van der Waals surface area (Å²) in [5.74, 6) is 1.11. The number of nitrogens with one attached hydrogen (secondary N) is 1. The number of amides is 1. The van der Waals surface area contributed by atoms with Gasteiger partial charge in [0.25, 0.3) is 5.91 Å². The Morgan fingerprint density at radius 3 is 2.62 bits per heavy atom. The van der Waals surface area contributed by atoms with E-state index in [2.05, 4.69) is 32.3 Å². The Labute approximate surface area is 231 Å². The van der Waals surface area contributed by atoms with Crippen molar-refractivity contribution < 1.29 is 23.4 Å². The lowest BCUT2D eigenvalue weighted by Gasteiger charge is -2.21. The maximum Gasteiger partial charge on any atom is 0.387 e. The van der Waals surface area contributed by atoms with E-state index < -0.39 is 6.61 Å². The van der Waals surface area contributed by atoms with Crippen LogP contribution in [-0.2, 0) is 6.54 Å². The van der Waals surface area contributed by atoms with Crippen molar-refractivity contribution in [3.05, 3.63) is 35.5 Å². The van der Waals surface area contributed by atoms with E-state index in [1.807, 2.05) is 11.8 Å². The second-order valence-corrected chi connectivity index (χ2v) is 10.8. The van der Waals surface area contributed by atoms with E-state index >= 15 is 0 Å². The summed E-state index contributed by atoms with van der Waals surface area (Å²) in [5, 5.41) is 17.2. The van der Waals surface area contributed by atoms with Gasteiger partial charge >= 0.3 is 6.61 Å². The highest BCUT2D eigenvalue weighted by atomic mass is 19.3. The lowest BCUT2D eigenvalue weighted by molar-refractivity contribution is -0.0505. The first kappa shape index (κ1) is 28.0. The van der Waals surface area contributed by atoms with E-state index in [1.165, 1.54) is 12.3 Å². The number of hydrogen-bond donors (Lipinski definition) is 3. The van der Waals surface area contributed by atoms with Gasteiger partial charge in [0.2, 0.25) is 5.95 Å². The van der Waals surface area contributed by atoms with Gasteiger partial charge in [-0.3, -0.25) is 9.48 Å². The van der Waals surface area contributed by atoms with E-state index in [9.17, 15) is 18.7 Å². The zero-order chi connectivity index (χ0) is 28.4. The molecule has 3 atom stereocenters. The Kier molecular flexibility index (Phi) is 8.31. The number of halogens is 2. The molecule has 0 saturated carbocycles. The number of alkyl halides is 2. The number of nitrogen functional groups attached to an aromatic ring is 1. The zero-order valence-electron chi connectivity index (χ0n) is 22.8. The summed E-state index contributed by atoms with van der Waals surface area (Å²) in [7, 11) is 2.08. The third-order valence-corrected chi connectivity index (χ3v) is 7.77. The highest BCUT2D eigenvalue weighted by molar-refractivity contribution is 5.95. The van der Waals surface area contributed by atoms with Crippen LogP contribution in [0.15, 0.2) is 24.4 Å². The largest absolute Gasteiger partial charge is 0.434 e. The summed E-state index contributed by atoms with van der Waals surface area (Å²) in [4.78, 5) is 26.0. The molecule has 40 heavy (non-hydrogen) atoms. The molecule has 1 amide bonds. The molecule has 13 heteroatoms. The number of aliphatic hydroxyl groups is 1. The third-order valence-electron chi connectivity index (χ3n) is 7.77. The summed E-state index contributed by atoms with van der Waals surface area (Å²) in [6, 6.07) is 4.61. The Hall–Kier alpha value is -3.58. The first-order valence-electron chi connectivity index (χ1n) is 13.7. The van der Waals surface area contributed by atoms with Crippen molar-refractivity contribution in [2.24, 2.45) is 11.8 Å². The van der Waals surface area contributed by atoms with Gasteiger partial charge in [-0.1, -0.05) is 19.4 Å². The molecular formula is C27H36F2N8O3. The molecule has 11 nitrogen and oxygen atoms in total. The zero-order valence-corrected chi connectivity index (χ0v) is 22.8. The Morgan fingerprint density at radius 2 is 1.95 bits per heavy atom. The van der Waals surface area contributed by atoms with E-state index in [0.29, 0.717) is 59.3 Å². The van der Waals surface area contributed by atoms with Crippen LogP contribution in [-0.4, -0.2) is 93.0 Å². The molecule has 0 aliphatic carbocycles. The van der Waals surface area contributed by atoms with Crippen LogP contribution in [0, 0.1) is 11.8 Å². The number of aliphatic hydroxyl groups excluding tert-OH is 1. The van der Waals surface area contributed by atoms with Gasteiger partial charge in [0.1, 0.15) is 16.8 Å². The smallest absolute Gasteiger partial charge is 0.387 e. The van der Waals surface area contributed by atoms with Gasteiger partial charge in [0.05, 0.1) is 12.7 Å². The van der Waals surface area contributed by atoms with E-state index in [-0.39, 0.29) is 36.8 Å². The number of nitrogens with zero attached hydrogens (tertiary/aromatic N) is 6. The SMILES string of the molecule is CCC[C@@H](CCO)Nc1nc(N)nc2cnn(Cc3ccc(C(=O)N4C[C@H]5CN(C)C[C@H]5C4)cc3OC(F)F)c12. The minimum atomic E-state index is -3.06. The van der Waals surface area contributed by atoms with Gasteiger partial charge in [0.15, 0.2) is 5.82 Å². The molecule has 2 aliphatic heterocycles. The minimum absolute atomic E-state index is 0.00974. The number of nitrogens with two attached hydrogens (primary N) is 1. The van der Waals surface area contributed by atoms with Crippen molar-refractivity contribution in [1.82, 2.24) is 29.5 Å². The minimum Gasteiger partial charge on any atom is -0.434 e. The van der Waals surface area contributed by atoms with Crippen LogP contribution in [0.25, 0.3) is 11.0 Å². The summed E-state index contributed by atoms with van der Waals surface area (Å²) in [5.41, 5.74) is 7.70. The predicted octanol–water partition coefficient (Wildman–Crippen LogP) is 2.65. The normalized spacial score (nSPS) is 19.9. The maximum absolute atomic E-state index is 13.4. The van der Waals surface area contributed by atoms with Crippen molar-refractivity contribution in [3.63, 3.8) is 0 Å². The van der Waals surface area contributed by atoms with Crippen LogP contribution in [0.3, 0.4) is 0 Å². The van der Waals surface area contributed by atoms with Crippen LogP contribution in [0.4, 0.5) is 20.5 Å². The molecular weight excluding hydrogens is 522 g/mol. The monoisotopic (exact) mass is 558 g/mol. The van der Waals surface area contributed by atoms with Crippen molar-refractivity contribution in [1.29, 1.82) is 0 Å². The number of likely N-dealkylation sites (tertiary alicyclic amines) is 2. The number of rotatable bonds is 11. The molecule has 0 unspecified atom stereocenters. The number of ether oxygens (including phenoxy) is 1. The second-order valence-electron chi connectivity index (χ2n) is 10.8. The highest BCUT2D eigenvalue weighted by Gasteiger charge is 2.40. The molecule has 4 N–H and O–H groups in total. The Balaban J connectivity index is 1.42. The Bertz CT molecular complexity index is 1330. The molecule has 3 aromatic rings. The van der Waals surface area contributed by atoms with Gasteiger partial charge in [-0.2, -0.15) is 18.9 Å². The molecule has 5 rings (SSSR count). The van der Waals surface area contributed by atoms with Crippen LogP contribution >= 0.6 is 0 Å². The van der Waals surface area contributed by atoms with Crippen LogP contribution in [0.1, 0.15) is 42.1 Å². The van der Waals surface area contributed by atoms with Gasteiger partial charge in [-0.05, 0) is 43.9 Å². The number of benzene rings is 1. The van der Waals surface area contributed by atoms with E-state index in [1.54, 1.807) is 16.8 Å². The fourth-order valence-corrected chi connectivity index (χ4v) is 5.98. The van der Waals surface area contributed by atoms with Crippen LogP contribution < -0.4 is 15.8 Å². The van der Waals surface area contributed by atoms with Gasteiger partial charge in [-0.25, -0.2) is 4.98 Å². The van der Waals surface area contributed by atoms with Crippen molar-refractivity contribution >= 4 is 28.7 Å². The number of carbonyl (C=O) groups excluding carboxylic acids is 1. The number of anilines is 2. The standard InChI is InChI=1S/C27H36F2N8O3/c1-3-4-20(7-8-38)32-24-23-21(33-27(30)34-24)10-31-37(23)15-17-6-5-16(9-22(17)40-26(28)29)25(39)36-13-18-11-35(2)12-19(18)14-36/h5-6,9-10,18-20,26,38H,3-4,7-8,11-15H2,1-2H3,(H3,30,32,33,34)/t18-,19+,20-/m0/s1. The molecule has 216 valence electrons. The molecule has 0 radical (unpaired) electrons. The van der Waals surface area contributed by atoms with E-state index in [4.69, 9.17) is 10.5 Å². The van der Waals surface area contributed by atoms with Gasteiger partial charge < -0.3 is 30.7 Å². The summed E-state index contributed by atoms with van der Waals surface area (Å²) >= 11 is 0. The summed E-state index contributed by atoms with van der Waals surface area (Å²) in [6.07, 6.45) is 3.75. The number of aromatic nitrogens is 4. The average Bonchev–Trinajstić information content (AvgIpc) is 3.57. The van der Waals surface area contributed by atoms with Crippen molar-refractivity contribution in [2.45, 2.75) is 45.4 Å². The quantitative estimate of drug-likeness (QED) is 0.325. The molecule has 2 fully saturated rings. The van der Waals surface area contributed by atoms with E-state index in [0.717, 1.165) is 25.9 Å². The number of carbonyl (C=O) groups is 1. The van der Waals surface area contributed by atoms with Crippen molar-refractivity contribution in [2.75, 3.05) is 50.9 Å². The molecule has 1 aromatic carbocycles. The molecule has 2 aliphatic rings. The van der Waals surface area contributed by atoms with Crippen molar-refractivity contribution in [3.8, 4) is 5.75 Å². The highest BCUT2D eigenvalue weighted by Crippen LogP contribution is 2.32. The molecule has 0 spiro atoms. The van der Waals surface area contributed by atoms with Gasteiger partial charge in [-0.15, -0.1) is 0 Å². The fourth-order valence-electron chi connectivity index (χ4n) is 5.98. The average molecular weight is 559 g/mol. The van der Waals surface area contributed by atoms with Gasteiger partial charge in [0, 0.05) is 50.0 Å². The lowest BCUT2D eigenvalue weighted by Crippen LogP contribution is -2.32. The second kappa shape index (κ2) is 11.9. The molecule has 2 aromatic heterocycles. The molecule has 4 heterocycles. The topological polar surface area (TPSA) is 135 Å². The summed E-state index contributed by atoms with van der Waals surface area (Å²) < 4.78 is 33.4. The number of fused-ring (bicyclic) bond motifs is 2. The first-order valence-corrected chi connectivity index (χ1v) is 13.7. The van der Waals surface area contributed by atoms with Crippen LogP contribution in [0.2, 0.25) is 0 Å². The Morgan fingerprint density at radius 1 is 1.20 bits per heavy atom. The lowest BCUT2D eigenvalue weighted by atomic mass is 10.0. The molecule has 2 saturated heterocycles. The predicted molar refractivity (Wildman–Crippen MR) is 146 cm³/mol. The first-order chi connectivity index (χ1) is 19.2. The molecule has 0 bridgehead atoms. The maximum atomic E-state index is 13.4.